The van der Waals surface area contributed by atoms with Crippen molar-refractivity contribution in [3.05, 3.63) is 10.9 Å². The number of rotatable bonds is 4. The Kier molecular flexibility index (Phi) is 4.16. The lowest BCUT2D eigenvalue weighted by molar-refractivity contribution is -0.0501. The molecule has 102 valence electrons. The number of carbonyl (C=O) groups is 1. The summed E-state index contributed by atoms with van der Waals surface area (Å²) in [5.41, 5.74) is -5.55. The number of carbonyl (C=O) groups excluding carboxylic acids is 1. The largest absolute Gasteiger partial charge is 0.534 e. The summed E-state index contributed by atoms with van der Waals surface area (Å²) >= 11 is 0.468. The SMILES string of the molecule is CCOC(=O)c1cc(OS(=O)(=O)C(F)(F)F)ns1. The van der Waals surface area contributed by atoms with Crippen LogP contribution in [0.5, 0.6) is 5.88 Å². The molecule has 1 aromatic rings. The standard InChI is InChI=1S/C7H6F3NO5S2/c1-2-15-6(12)4-3-5(11-17-4)16-18(13,14)7(8,9)10/h3H,2H2,1H3. The summed E-state index contributed by atoms with van der Waals surface area (Å²) in [5.74, 6) is -1.66. The van der Waals surface area contributed by atoms with Gasteiger partial charge in [-0.05, 0) is 18.5 Å². The van der Waals surface area contributed by atoms with Crippen molar-refractivity contribution in [2.24, 2.45) is 0 Å². The monoisotopic (exact) mass is 305 g/mol. The molecule has 11 heteroatoms. The van der Waals surface area contributed by atoms with Gasteiger partial charge in [0.25, 0.3) is 0 Å². The average molecular weight is 305 g/mol. The van der Waals surface area contributed by atoms with Crippen LogP contribution in [0.4, 0.5) is 13.2 Å². The van der Waals surface area contributed by atoms with E-state index in [-0.39, 0.29) is 11.5 Å². The third-order valence-corrected chi connectivity index (χ3v) is 3.15. The molecule has 0 saturated heterocycles. The van der Waals surface area contributed by atoms with Crippen LogP contribution in [0.15, 0.2) is 6.07 Å². The highest BCUT2D eigenvalue weighted by Crippen LogP contribution is 2.27. The summed E-state index contributed by atoms with van der Waals surface area (Å²) in [6, 6.07) is 0.756. The number of aromatic nitrogens is 1. The van der Waals surface area contributed by atoms with E-state index in [9.17, 15) is 26.4 Å². The Labute approximate surface area is 104 Å². The van der Waals surface area contributed by atoms with Crippen molar-refractivity contribution in [1.29, 1.82) is 0 Å². The molecule has 0 amide bonds. The summed E-state index contributed by atoms with van der Waals surface area (Å²) in [5, 5.41) is 0. The van der Waals surface area contributed by atoms with Gasteiger partial charge in [0.05, 0.1) is 6.61 Å². The molecule has 0 fully saturated rings. The Hall–Kier alpha value is -1.36. The first kappa shape index (κ1) is 14.7. The zero-order chi connectivity index (χ0) is 14.0. The van der Waals surface area contributed by atoms with Crippen molar-refractivity contribution in [2.45, 2.75) is 12.4 Å². The minimum absolute atomic E-state index is 0.0633. The molecule has 0 spiro atoms. The third kappa shape index (κ3) is 3.32. The van der Waals surface area contributed by atoms with Gasteiger partial charge in [0.1, 0.15) is 4.88 Å². The van der Waals surface area contributed by atoms with E-state index in [0.29, 0.717) is 11.5 Å². The maximum atomic E-state index is 12.0. The highest BCUT2D eigenvalue weighted by Gasteiger charge is 2.49. The van der Waals surface area contributed by atoms with E-state index >= 15 is 0 Å². The second-order valence-electron chi connectivity index (χ2n) is 2.73. The third-order valence-electron chi connectivity index (χ3n) is 1.44. The quantitative estimate of drug-likeness (QED) is 0.477. The minimum Gasteiger partial charge on any atom is -0.462 e. The molecule has 0 bridgehead atoms. The van der Waals surface area contributed by atoms with Crippen molar-refractivity contribution in [3.8, 4) is 5.88 Å². The van der Waals surface area contributed by atoms with Gasteiger partial charge < -0.3 is 8.92 Å². The highest BCUT2D eigenvalue weighted by atomic mass is 32.2. The van der Waals surface area contributed by atoms with Crippen LogP contribution in [-0.4, -0.2) is 30.9 Å². The lowest BCUT2D eigenvalue weighted by Gasteiger charge is -2.06. The number of esters is 1. The summed E-state index contributed by atoms with van der Waals surface area (Å²) in [4.78, 5) is 11.0. The number of nitrogens with zero attached hydrogens (tertiary/aromatic N) is 1. The Morgan fingerprint density at radius 1 is 1.50 bits per heavy atom. The Balaban J connectivity index is 2.86. The van der Waals surface area contributed by atoms with Crippen LogP contribution in [0.1, 0.15) is 16.6 Å². The highest BCUT2D eigenvalue weighted by molar-refractivity contribution is 7.88. The predicted molar refractivity (Wildman–Crippen MR) is 53.7 cm³/mol. The molecule has 0 N–H and O–H groups in total. The Morgan fingerprint density at radius 3 is 2.61 bits per heavy atom. The molecule has 1 heterocycles. The summed E-state index contributed by atoms with van der Waals surface area (Å²) in [6.07, 6.45) is 0. The molecule has 0 radical (unpaired) electrons. The van der Waals surface area contributed by atoms with Crippen molar-refractivity contribution in [3.63, 3.8) is 0 Å². The smallest absolute Gasteiger partial charge is 0.462 e. The van der Waals surface area contributed by atoms with Crippen LogP contribution in [0.3, 0.4) is 0 Å². The van der Waals surface area contributed by atoms with Gasteiger partial charge in [-0.15, -0.1) is 0 Å². The second-order valence-corrected chi connectivity index (χ2v) is 5.08. The van der Waals surface area contributed by atoms with Gasteiger partial charge in [0, 0.05) is 6.07 Å². The normalized spacial score (nSPS) is 12.2. The van der Waals surface area contributed by atoms with E-state index < -0.39 is 27.5 Å². The molecular weight excluding hydrogens is 299 g/mol. The summed E-state index contributed by atoms with van der Waals surface area (Å²) in [6.45, 7) is 1.60. The lowest BCUT2D eigenvalue weighted by Crippen LogP contribution is -2.28. The number of alkyl halides is 3. The van der Waals surface area contributed by atoms with E-state index in [1.165, 1.54) is 6.92 Å². The molecule has 0 aliphatic carbocycles. The summed E-state index contributed by atoms with van der Waals surface area (Å²) < 4.78 is 68.7. The van der Waals surface area contributed by atoms with Gasteiger partial charge in [-0.2, -0.15) is 26.0 Å². The number of hydrogen-bond acceptors (Lipinski definition) is 7. The van der Waals surface area contributed by atoms with E-state index in [1.807, 2.05) is 0 Å². The molecule has 1 rings (SSSR count). The zero-order valence-corrected chi connectivity index (χ0v) is 10.4. The van der Waals surface area contributed by atoms with Crippen molar-refractivity contribution < 1.29 is 35.3 Å². The van der Waals surface area contributed by atoms with Gasteiger partial charge in [0.15, 0.2) is 0 Å². The van der Waals surface area contributed by atoms with Crippen molar-refractivity contribution in [1.82, 2.24) is 4.37 Å². The average Bonchev–Trinajstić information content (AvgIpc) is 2.64. The first-order valence-corrected chi connectivity index (χ1v) is 6.50. The fourth-order valence-electron chi connectivity index (χ4n) is 0.756. The van der Waals surface area contributed by atoms with Gasteiger partial charge in [0.2, 0.25) is 5.88 Å². The first-order valence-electron chi connectivity index (χ1n) is 4.32. The Bertz CT molecular complexity index is 536. The number of ether oxygens (including phenoxy) is 1. The fraction of sp³-hybridized carbons (Fsp3) is 0.429. The van der Waals surface area contributed by atoms with E-state index in [0.717, 1.165) is 6.07 Å². The van der Waals surface area contributed by atoms with Gasteiger partial charge in [-0.1, -0.05) is 0 Å². The molecule has 0 atom stereocenters. The maximum Gasteiger partial charge on any atom is 0.534 e. The maximum absolute atomic E-state index is 12.0. The molecule has 0 unspecified atom stereocenters. The van der Waals surface area contributed by atoms with Crippen LogP contribution >= 0.6 is 11.5 Å². The van der Waals surface area contributed by atoms with Crippen LogP contribution < -0.4 is 4.18 Å². The molecule has 0 aromatic carbocycles. The van der Waals surface area contributed by atoms with Crippen LogP contribution in [0, 0.1) is 0 Å². The second kappa shape index (κ2) is 5.10. The minimum atomic E-state index is -5.78. The van der Waals surface area contributed by atoms with E-state index in [1.54, 1.807) is 0 Å². The lowest BCUT2D eigenvalue weighted by atomic mass is 10.5. The molecule has 0 aliphatic heterocycles. The number of hydrogen-bond donors (Lipinski definition) is 0. The topological polar surface area (TPSA) is 82.6 Å². The molecule has 1 aromatic heterocycles. The Morgan fingerprint density at radius 2 is 2.11 bits per heavy atom. The molecule has 6 nitrogen and oxygen atoms in total. The van der Waals surface area contributed by atoms with Crippen LogP contribution in [-0.2, 0) is 14.9 Å². The van der Waals surface area contributed by atoms with Crippen molar-refractivity contribution >= 4 is 27.6 Å². The van der Waals surface area contributed by atoms with E-state index in [4.69, 9.17) is 0 Å². The molecule has 18 heavy (non-hydrogen) atoms. The first-order chi connectivity index (χ1) is 8.17. The van der Waals surface area contributed by atoms with Crippen molar-refractivity contribution in [2.75, 3.05) is 6.61 Å². The molecular formula is C7H6F3NO5S2. The predicted octanol–water partition coefficient (Wildman–Crippen LogP) is 1.55. The fourth-order valence-corrected chi connectivity index (χ4v) is 1.77. The van der Waals surface area contributed by atoms with Crippen LogP contribution in [0.2, 0.25) is 0 Å². The van der Waals surface area contributed by atoms with Gasteiger partial charge in [-0.3, -0.25) is 0 Å². The number of halogens is 3. The molecule has 0 saturated carbocycles. The molecule has 0 aliphatic rings. The summed E-state index contributed by atoms with van der Waals surface area (Å²) in [7, 11) is -5.78. The van der Waals surface area contributed by atoms with Gasteiger partial charge in [-0.25, -0.2) is 4.79 Å². The zero-order valence-electron chi connectivity index (χ0n) is 8.72. The van der Waals surface area contributed by atoms with Crippen LogP contribution in [0.25, 0.3) is 0 Å². The van der Waals surface area contributed by atoms with E-state index in [2.05, 4.69) is 13.3 Å². The van der Waals surface area contributed by atoms with Gasteiger partial charge >= 0.3 is 21.6 Å².